The number of carbonyl (C=O) groups excluding carboxylic acids is 1. The van der Waals surface area contributed by atoms with Crippen molar-refractivity contribution in [3.63, 3.8) is 0 Å². The number of carbonyl (C=O) groups is 1. The average Bonchev–Trinajstić information content (AvgIpc) is 3.38. The van der Waals surface area contributed by atoms with Gasteiger partial charge in [-0.3, -0.25) is 14.2 Å². The Morgan fingerprint density at radius 3 is 2.79 bits per heavy atom. The van der Waals surface area contributed by atoms with Crippen LogP contribution >= 0.6 is 23.1 Å². The van der Waals surface area contributed by atoms with Crippen LogP contribution in [0.15, 0.2) is 40.3 Å². The van der Waals surface area contributed by atoms with Crippen molar-refractivity contribution in [2.45, 2.75) is 63.7 Å². The second-order valence-electron chi connectivity index (χ2n) is 8.93. The Kier molecular flexibility index (Phi) is 6.91. The Bertz CT molecular complexity index is 1270. The van der Waals surface area contributed by atoms with E-state index < -0.39 is 5.54 Å². The van der Waals surface area contributed by atoms with Gasteiger partial charge in [0.05, 0.1) is 17.2 Å². The summed E-state index contributed by atoms with van der Waals surface area (Å²) in [7, 11) is 0. The highest BCUT2D eigenvalue weighted by molar-refractivity contribution is 7.99. The molecule has 1 aromatic carbocycles. The summed E-state index contributed by atoms with van der Waals surface area (Å²) in [6.07, 6.45) is 3.74. The molecule has 4 rings (SSSR count). The van der Waals surface area contributed by atoms with Crippen molar-refractivity contribution in [3.8, 4) is 6.07 Å². The number of fused-ring (bicyclic) bond motifs is 3. The molecule has 172 valence electrons. The van der Waals surface area contributed by atoms with Crippen molar-refractivity contribution >= 4 is 39.2 Å². The van der Waals surface area contributed by atoms with Crippen LogP contribution < -0.4 is 10.9 Å². The lowest BCUT2D eigenvalue weighted by Crippen LogP contribution is -2.49. The molecule has 2 aromatic heterocycles. The summed E-state index contributed by atoms with van der Waals surface area (Å²) < 4.78 is 1.73. The molecule has 2 heterocycles. The molecule has 1 aliphatic carbocycles. The van der Waals surface area contributed by atoms with Gasteiger partial charge in [-0.05, 0) is 49.7 Å². The average molecular weight is 481 g/mol. The van der Waals surface area contributed by atoms with Gasteiger partial charge in [-0.25, -0.2) is 4.98 Å². The molecular formula is C25H28N4O2S2. The van der Waals surface area contributed by atoms with Crippen molar-refractivity contribution < 1.29 is 4.79 Å². The van der Waals surface area contributed by atoms with E-state index in [0.29, 0.717) is 18.1 Å². The Morgan fingerprint density at radius 1 is 1.33 bits per heavy atom. The van der Waals surface area contributed by atoms with Crippen LogP contribution in [0.25, 0.3) is 10.2 Å². The van der Waals surface area contributed by atoms with E-state index in [-0.39, 0.29) is 23.1 Å². The minimum Gasteiger partial charge on any atom is -0.337 e. The van der Waals surface area contributed by atoms with E-state index >= 15 is 0 Å². The van der Waals surface area contributed by atoms with E-state index in [1.165, 1.54) is 16.6 Å². The van der Waals surface area contributed by atoms with Crippen LogP contribution in [-0.2, 0) is 30.6 Å². The third-order valence-electron chi connectivity index (χ3n) is 6.38. The second-order valence-corrected chi connectivity index (χ2v) is 11.0. The van der Waals surface area contributed by atoms with Crippen molar-refractivity contribution in [3.05, 3.63) is 56.7 Å². The highest BCUT2D eigenvalue weighted by atomic mass is 32.2. The first-order valence-electron chi connectivity index (χ1n) is 11.3. The summed E-state index contributed by atoms with van der Waals surface area (Å²) in [5.74, 6) is -0.169. The van der Waals surface area contributed by atoms with E-state index in [4.69, 9.17) is 4.98 Å². The van der Waals surface area contributed by atoms with Gasteiger partial charge >= 0.3 is 0 Å². The molecule has 0 unspecified atom stereocenters. The highest BCUT2D eigenvalue weighted by Crippen LogP contribution is 2.35. The fraction of sp³-hybridized carbons (Fsp3) is 0.440. The lowest BCUT2D eigenvalue weighted by Gasteiger charge is -2.27. The van der Waals surface area contributed by atoms with Gasteiger partial charge in [-0.15, -0.1) is 11.3 Å². The quantitative estimate of drug-likeness (QED) is 0.383. The number of nitrogens with zero attached hydrogens (tertiary/aromatic N) is 3. The molecule has 8 heteroatoms. The number of thioether (sulfide) groups is 1. The Hall–Kier alpha value is -2.63. The van der Waals surface area contributed by atoms with Crippen LogP contribution in [0.2, 0.25) is 0 Å². The van der Waals surface area contributed by atoms with Gasteiger partial charge < -0.3 is 5.32 Å². The first-order valence-corrected chi connectivity index (χ1v) is 13.1. The van der Waals surface area contributed by atoms with Crippen molar-refractivity contribution in [1.29, 1.82) is 5.26 Å². The van der Waals surface area contributed by atoms with Crippen molar-refractivity contribution in [2.24, 2.45) is 5.92 Å². The second kappa shape index (κ2) is 9.70. The molecule has 0 bridgehead atoms. The van der Waals surface area contributed by atoms with Crippen LogP contribution in [0.3, 0.4) is 0 Å². The maximum Gasteiger partial charge on any atom is 0.263 e. The zero-order valence-electron chi connectivity index (χ0n) is 19.2. The van der Waals surface area contributed by atoms with E-state index in [9.17, 15) is 14.9 Å². The van der Waals surface area contributed by atoms with Crippen molar-refractivity contribution in [2.75, 3.05) is 5.75 Å². The molecule has 0 spiro atoms. The van der Waals surface area contributed by atoms with E-state index in [2.05, 4.69) is 11.4 Å². The molecule has 0 saturated carbocycles. The van der Waals surface area contributed by atoms with Crippen LogP contribution in [0.1, 0.15) is 43.2 Å². The minimum absolute atomic E-state index is 0.0118. The highest BCUT2D eigenvalue weighted by Gasteiger charge is 2.30. The lowest BCUT2D eigenvalue weighted by molar-refractivity contribution is -0.120. The SMILES string of the molecule is CC(C)[C@](C)(C#N)NC(=O)CSc1nc2sc3c(c2c(=O)n1CCc1ccccc1)CCC3. The summed E-state index contributed by atoms with van der Waals surface area (Å²) in [6, 6.07) is 12.3. The Labute approximate surface area is 202 Å². The maximum absolute atomic E-state index is 13.6. The maximum atomic E-state index is 13.6. The van der Waals surface area contributed by atoms with E-state index in [0.717, 1.165) is 40.6 Å². The molecule has 1 atom stereocenters. The van der Waals surface area contributed by atoms with Gasteiger partial charge in [0.2, 0.25) is 5.91 Å². The molecule has 33 heavy (non-hydrogen) atoms. The van der Waals surface area contributed by atoms with Crippen LogP contribution in [0, 0.1) is 17.2 Å². The fourth-order valence-corrected chi connectivity index (χ4v) is 6.14. The number of aromatic nitrogens is 2. The summed E-state index contributed by atoms with van der Waals surface area (Å²) in [5, 5.41) is 13.6. The first-order chi connectivity index (χ1) is 15.8. The predicted octanol–water partition coefficient (Wildman–Crippen LogP) is 4.34. The number of thiophene rings is 1. The largest absolute Gasteiger partial charge is 0.337 e. The first kappa shape index (κ1) is 23.5. The number of nitriles is 1. The molecule has 0 aliphatic heterocycles. The molecule has 1 aliphatic rings. The molecule has 1 amide bonds. The molecule has 3 aromatic rings. The molecule has 0 radical (unpaired) electrons. The van der Waals surface area contributed by atoms with Crippen LogP contribution in [0.4, 0.5) is 0 Å². The molecule has 1 N–H and O–H groups in total. The number of nitrogens with one attached hydrogen (secondary N) is 1. The summed E-state index contributed by atoms with van der Waals surface area (Å²) >= 11 is 2.87. The van der Waals surface area contributed by atoms with E-state index in [1.807, 2.05) is 44.2 Å². The van der Waals surface area contributed by atoms with E-state index in [1.54, 1.807) is 22.8 Å². The molecule has 0 saturated heterocycles. The Morgan fingerprint density at radius 2 is 2.09 bits per heavy atom. The van der Waals surface area contributed by atoms with Gasteiger partial charge in [0, 0.05) is 11.4 Å². The lowest BCUT2D eigenvalue weighted by atomic mass is 9.90. The summed E-state index contributed by atoms with van der Waals surface area (Å²) in [6.45, 7) is 6.04. The van der Waals surface area contributed by atoms with Gasteiger partial charge in [0.1, 0.15) is 10.4 Å². The van der Waals surface area contributed by atoms with Gasteiger partial charge in [-0.2, -0.15) is 5.26 Å². The molecule has 0 fully saturated rings. The number of rotatable bonds is 8. The third-order valence-corrected chi connectivity index (χ3v) is 8.54. The van der Waals surface area contributed by atoms with Crippen LogP contribution in [-0.4, -0.2) is 26.8 Å². The smallest absolute Gasteiger partial charge is 0.263 e. The number of hydrogen-bond donors (Lipinski definition) is 1. The predicted molar refractivity (Wildman–Crippen MR) is 134 cm³/mol. The number of amides is 1. The number of aryl methyl sites for hydroxylation is 3. The van der Waals surface area contributed by atoms with Gasteiger partial charge in [0.15, 0.2) is 5.16 Å². The van der Waals surface area contributed by atoms with Gasteiger partial charge in [0.25, 0.3) is 5.56 Å². The monoisotopic (exact) mass is 480 g/mol. The summed E-state index contributed by atoms with van der Waals surface area (Å²) in [5.41, 5.74) is 1.37. The van der Waals surface area contributed by atoms with Gasteiger partial charge in [-0.1, -0.05) is 55.9 Å². The molecule has 6 nitrogen and oxygen atoms in total. The minimum atomic E-state index is -0.934. The Balaban J connectivity index is 1.62. The zero-order valence-corrected chi connectivity index (χ0v) is 20.8. The normalized spacial score (nSPS) is 14.8. The van der Waals surface area contributed by atoms with Crippen LogP contribution in [0.5, 0.6) is 0 Å². The standard InChI is InChI=1S/C25H28N4O2S2/c1-16(2)25(3,15-26)28-20(30)14-32-24-27-22-21(18-10-7-11-19(18)33-22)23(31)29(24)13-12-17-8-5-4-6-9-17/h4-6,8-9,16H,7,10-14H2,1-3H3,(H,28,30)/t25-/m0/s1. The van der Waals surface area contributed by atoms with Crippen molar-refractivity contribution in [1.82, 2.24) is 14.9 Å². The summed E-state index contributed by atoms with van der Waals surface area (Å²) in [4.78, 5) is 33.1. The zero-order chi connectivity index (χ0) is 23.6. The third kappa shape index (κ3) is 4.85. The molecular weight excluding hydrogens is 452 g/mol. The topological polar surface area (TPSA) is 87.8 Å². The number of hydrogen-bond acceptors (Lipinski definition) is 6. The number of benzene rings is 1. The fourth-order valence-electron chi connectivity index (χ4n) is 4.01.